The second kappa shape index (κ2) is 17.4. The lowest BCUT2D eigenvalue weighted by atomic mass is 9.94. The molecule has 4 aliphatic heterocycles. The fourth-order valence-corrected chi connectivity index (χ4v) is 6.28. The van der Waals surface area contributed by atoms with Gasteiger partial charge >= 0.3 is 0 Å². The Morgan fingerprint density at radius 2 is 1.04 bits per heavy atom. The number of ether oxygens (including phenoxy) is 7. The van der Waals surface area contributed by atoms with Crippen molar-refractivity contribution in [3.63, 3.8) is 0 Å². The van der Waals surface area contributed by atoms with Gasteiger partial charge in [0.1, 0.15) is 91.4 Å². The van der Waals surface area contributed by atoms with Crippen LogP contribution in [0.15, 0.2) is 0 Å². The van der Waals surface area contributed by atoms with Crippen LogP contribution >= 0.6 is 0 Å². The smallest absolute Gasteiger partial charge is 0.217 e. The average Bonchev–Trinajstić information content (AvgIpc) is 3.07. The maximum atomic E-state index is 12.3. The quantitative estimate of drug-likeness (QED) is 0.0938. The SMILES string of the molecule is CC(=O)N[C@@H]1[C@@H](OC2O[C@H](CO)[C@@H](OC3O[C@H](CO)[C@H](O)[C@H](O)[C@H]3OC3O[C@@H](C)[C@@H](O)[C@@H](O)[C@@H]3O)[C@H](O)[C@H]2NC(C)=O)[C@@H](O)[C@@H](CO)O[C@@H]1O. The molecule has 50 heavy (non-hydrogen) atoms. The number of rotatable bonds is 11. The second-order valence-corrected chi connectivity index (χ2v) is 12.6. The van der Waals surface area contributed by atoms with Crippen LogP contribution < -0.4 is 10.6 Å². The van der Waals surface area contributed by atoms with Crippen LogP contribution in [0.1, 0.15) is 20.8 Å². The topological polar surface area (TPSA) is 345 Å². The maximum absolute atomic E-state index is 12.3. The van der Waals surface area contributed by atoms with Crippen molar-refractivity contribution in [1.82, 2.24) is 10.6 Å². The van der Waals surface area contributed by atoms with Crippen molar-refractivity contribution in [3.8, 4) is 0 Å². The summed E-state index contributed by atoms with van der Waals surface area (Å²) in [6.07, 6.45) is -30.2. The standard InChI is InChI=1S/C28H48N2O20/c1-7-15(36)19(40)21(42)27(44-7)50-24-20(41)16(37)10(4-31)46-28(24)48-22-12(6-33)47-26(13(18(22)39)29-8(2)34)49-23-14(30-9(3)35)25(43)45-11(5-32)17(23)38/h7,10-28,31-33,36-43H,4-6H2,1-3H3,(H,29,34)(H,30,35)/t7-,10+,11+,12+,13+,14+,15+,16-,17-,18+,19+,20-,21-,22+,23+,24+,25-,26?,27?,28?/m0/s1. The molecule has 290 valence electrons. The van der Waals surface area contributed by atoms with Gasteiger partial charge in [-0.05, 0) is 6.92 Å². The predicted molar refractivity (Wildman–Crippen MR) is 156 cm³/mol. The number of carbonyl (C=O) groups is 2. The molecule has 4 heterocycles. The van der Waals surface area contributed by atoms with E-state index >= 15 is 0 Å². The monoisotopic (exact) mass is 732 g/mol. The molecular formula is C28H48N2O20. The van der Waals surface area contributed by atoms with Gasteiger partial charge < -0.3 is 100.0 Å². The van der Waals surface area contributed by atoms with E-state index in [0.29, 0.717) is 0 Å². The Labute approximate surface area is 285 Å². The van der Waals surface area contributed by atoms with E-state index in [1.54, 1.807) is 0 Å². The zero-order valence-corrected chi connectivity index (χ0v) is 27.3. The summed E-state index contributed by atoms with van der Waals surface area (Å²) in [6.45, 7) is 0.987. The second-order valence-electron chi connectivity index (χ2n) is 12.6. The molecule has 0 aromatic heterocycles. The fourth-order valence-electron chi connectivity index (χ4n) is 6.28. The molecular weight excluding hydrogens is 684 g/mol. The highest BCUT2D eigenvalue weighted by Crippen LogP contribution is 2.34. The summed E-state index contributed by atoms with van der Waals surface area (Å²) < 4.78 is 39.6. The van der Waals surface area contributed by atoms with Crippen molar-refractivity contribution in [2.45, 2.75) is 143 Å². The molecule has 2 amide bonds. The number of aliphatic hydroxyl groups excluding tert-OH is 11. The predicted octanol–water partition coefficient (Wildman–Crippen LogP) is -8.43. The molecule has 13 N–H and O–H groups in total. The molecule has 0 bridgehead atoms. The molecule has 22 heteroatoms. The van der Waals surface area contributed by atoms with Crippen LogP contribution in [-0.4, -0.2) is 211 Å². The van der Waals surface area contributed by atoms with Crippen LogP contribution in [0.4, 0.5) is 0 Å². The molecule has 4 rings (SSSR count). The Bertz CT molecular complexity index is 1130. The average molecular weight is 733 g/mol. The third-order valence-electron chi connectivity index (χ3n) is 8.97. The normalized spacial score (nSPS) is 48.5. The molecule has 0 aromatic rings. The van der Waals surface area contributed by atoms with Crippen molar-refractivity contribution < 1.29 is 98.9 Å². The summed E-state index contributed by atoms with van der Waals surface area (Å²) in [5.74, 6) is -1.41. The Morgan fingerprint density at radius 1 is 0.520 bits per heavy atom. The zero-order valence-electron chi connectivity index (χ0n) is 27.3. The van der Waals surface area contributed by atoms with Gasteiger partial charge in [-0.25, -0.2) is 0 Å². The van der Waals surface area contributed by atoms with E-state index in [4.69, 9.17) is 33.2 Å². The first-order valence-electron chi connectivity index (χ1n) is 15.9. The molecule has 3 unspecified atom stereocenters. The Hall–Kier alpha value is -1.78. The van der Waals surface area contributed by atoms with Gasteiger partial charge in [0.25, 0.3) is 0 Å². The molecule has 4 saturated heterocycles. The molecule has 0 radical (unpaired) electrons. The minimum absolute atomic E-state index is 0.672. The Kier molecular flexibility index (Phi) is 14.2. The van der Waals surface area contributed by atoms with Crippen molar-refractivity contribution in [2.24, 2.45) is 0 Å². The summed E-state index contributed by atoms with van der Waals surface area (Å²) in [5.41, 5.74) is 0. The summed E-state index contributed by atoms with van der Waals surface area (Å²) in [5, 5.41) is 120. The van der Waals surface area contributed by atoms with Crippen LogP contribution in [0, 0.1) is 0 Å². The van der Waals surface area contributed by atoms with Gasteiger partial charge in [-0.3, -0.25) is 9.59 Å². The third kappa shape index (κ3) is 8.70. The first-order chi connectivity index (χ1) is 23.5. The number of aliphatic hydroxyl groups is 11. The summed E-state index contributed by atoms with van der Waals surface area (Å²) in [4.78, 5) is 24.2. The lowest BCUT2D eigenvalue weighted by molar-refractivity contribution is -0.385. The van der Waals surface area contributed by atoms with Crippen molar-refractivity contribution in [1.29, 1.82) is 0 Å². The van der Waals surface area contributed by atoms with Crippen molar-refractivity contribution in [3.05, 3.63) is 0 Å². The van der Waals surface area contributed by atoms with Gasteiger partial charge in [-0.1, -0.05) is 0 Å². The summed E-state index contributed by atoms with van der Waals surface area (Å²) >= 11 is 0. The van der Waals surface area contributed by atoms with E-state index in [-0.39, 0.29) is 0 Å². The number of nitrogens with one attached hydrogen (secondary N) is 2. The summed E-state index contributed by atoms with van der Waals surface area (Å²) in [7, 11) is 0. The van der Waals surface area contributed by atoms with E-state index in [2.05, 4.69) is 10.6 Å². The van der Waals surface area contributed by atoms with E-state index in [9.17, 15) is 65.8 Å². The van der Waals surface area contributed by atoms with Crippen LogP contribution in [0.5, 0.6) is 0 Å². The van der Waals surface area contributed by atoms with Gasteiger partial charge in [0.15, 0.2) is 25.2 Å². The Balaban J connectivity index is 1.62. The largest absolute Gasteiger partial charge is 0.394 e. The first kappa shape index (κ1) is 41.0. The number of hydrogen-bond donors (Lipinski definition) is 13. The van der Waals surface area contributed by atoms with Crippen LogP contribution in [0.3, 0.4) is 0 Å². The van der Waals surface area contributed by atoms with E-state index in [1.807, 2.05) is 0 Å². The summed E-state index contributed by atoms with van der Waals surface area (Å²) in [6, 6.07) is -3.05. The molecule has 4 aliphatic rings. The number of amides is 2. The highest BCUT2D eigenvalue weighted by Gasteiger charge is 2.55. The lowest BCUT2D eigenvalue weighted by Crippen LogP contribution is -2.70. The van der Waals surface area contributed by atoms with Crippen molar-refractivity contribution >= 4 is 11.8 Å². The van der Waals surface area contributed by atoms with Gasteiger partial charge in [0.05, 0.1) is 25.9 Å². The van der Waals surface area contributed by atoms with Gasteiger partial charge in [0, 0.05) is 13.8 Å². The van der Waals surface area contributed by atoms with E-state index in [1.165, 1.54) is 6.92 Å². The van der Waals surface area contributed by atoms with Gasteiger partial charge in [0.2, 0.25) is 11.8 Å². The van der Waals surface area contributed by atoms with E-state index in [0.717, 1.165) is 13.8 Å². The molecule has 22 nitrogen and oxygen atoms in total. The third-order valence-corrected chi connectivity index (χ3v) is 8.97. The first-order valence-corrected chi connectivity index (χ1v) is 15.9. The minimum Gasteiger partial charge on any atom is -0.394 e. The maximum Gasteiger partial charge on any atom is 0.217 e. The lowest BCUT2D eigenvalue weighted by Gasteiger charge is -2.50. The molecule has 4 fully saturated rings. The fraction of sp³-hybridized carbons (Fsp3) is 0.929. The van der Waals surface area contributed by atoms with E-state index < -0.39 is 154 Å². The highest BCUT2D eigenvalue weighted by molar-refractivity contribution is 5.73. The zero-order chi connectivity index (χ0) is 37.2. The van der Waals surface area contributed by atoms with Crippen LogP contribution in [0.25, 0.3) is 0 Å². The molecule has 0 saturated carbocycles. The Morgan fingerprint density at radius 3 is 1.62 bits per heavy atom. The van der Waals surface area contributed by atoms with Gasteiger partial charge in [-0.15, -0.1) is 0 Å². The highest BCUT2D eigenvalue weighted by atomic mass is 16.8. The van der Waals surface area contributed by atoms with Crippen LogP contribution in [-0.2, 0) is 42.7 Å². The van der Waals surface area contributed by atoms with Gasteiger partial charge in [-0.2, -0.15) is 0 Å². The minimum atomic E-state index is -1.93. The van der Waals surface area contributed by atoms with Crippen molar-refractivity contribution in [2.75, 3.05) is 19.8 Å². The van der Waals surface area contributed by atoms with Crippen LogP contribution in [0.2, 0.25) is 0 Å². The molecule has 20 atom stereocenters. The number of carbonyl (C=O) groups excluding carboxylic acids is 2. The molecule has 0 aromatic carbocycles. The number of hydrogen-bond acceptors (Lipinski definition) is 20. The molecule has 0 spiro atoms. The molecule has 0 aliphatic carbocycles.